The monoisotopic (exact) mass is 408 g/mol. The van der Waals surface area contributed by atoms with E-state index >= 15 is 0 Å². The van der Waals surface area contributed by atoms with Gasteiger partial charge in [-0.05, 0) is 50.2 Å². The van der Waals surface area contributed by atoms with E-state index in [1.807, 2.05) is 42.7 Å². The van der Waals surface area contributed by atoms with E-state index in [4.69, 9.17) is 9.47 Å². The molecule has 8 heteroatoms. The third-order valence-electron chi connectivity index (χ3n) is 4.69. The van der Waals surface area contributed by atoms with E-state index in [0.717, 1.165) is 23.2 Å². The number of Topliss-reactive ketones (excluding diaryl/α,β-unsaturated/α-hetero) is 1. The Morgan fingerprint density at radius 3 is 2.40 bits per heavy atom. The smallest absolute Gasteiger partial charge is 0.338 e. The Morgan fingerprint density at radius 2 is 1.77 bits per heavy atom. The molecule has 0 aliphatic carbocycles. The summed E-state index contributed by atoms with van der Waals surface area (Å²) >= 11 is 0. The van der Waals surface area contributed by atoms with Gasteiger partial charge >= 0.3 is 5.97 Å². The zero-order valence-corrected chi connectivity index (χ0v) is 16.7. The van der Waals surface area contributed by atoms with Gasteiger partial charge in [0.25, 0.3) is 5.69 Å². The third-order valence-corrected chi connectivity index (χ3v) is 4.69. The highest BCUT2D eigenvalue weighted by Crippen LogP contribution is 2.23. The van der Waals surface area contributed by atoms with Gasteiger partial charge in [0, 0.05) is 34.8 Å². The fourth-order valence-corrected chi connectivity index (χ4v) is 3.21. The largest absolute Gasteiger partial charge is 0.497 e. The van der Waals surface area contributed by atoms with Crippen molar-refractivity contribution >= 4 is 17.4 Å². The predicted molar refractivity (Wildman–Crippen MR) is 110 cm³/mol. The van der Waals surface area contributed by atoms with Crippen molar-refractivity contribution in [1.82, 2.24) is 4.57 Å². The van der Waals surface area contributed by atoms with Gasteiger partial charge in [0.2, 0.25) is 5.78 Å². The maximum atomic E-state index is 12.7. The number of aromatic nitrogens is 1. The zero-order chi connectivity index (χ0) is 21.8. The predicted octanol–water partition coefficient (Wildman–Crippen LogP) is 4.05. The number of carbonyl (C=O) groups excluding carboxylic acids is 2. The highest BCUT2D eigenvalue weighted by Gasteiger charge is 2.19. The number of nitro benzene ring substituents is 1. The molecule has 1 heterocycles. The highest BCUT2D eigenvalue weighted by molar-refractivity contribution is 6.00. The molecule has 1 aromatic heterocycles. The number of non-ortho nitro benzene ring substituents is 1. The minimum absolute atomic E-state index is 0.0145. The molecule has 0 unspecified atom stereocenters. The molecule has 30 heavy (non-hydrogen) atoms. The van der Waals surface area contributed by atoms with Gasteiger partial charge in [-0.25, -0.2) is 4.79 Å². The molecule has 0 amide bonds. The molecule has 0 bridgehead atoms. The van der Waals surface area contributed by atoms with Crippen LogP contribution in [0.1, 0.15) is 32.1 Å². The summed E-state index contributed by atoms with van der Waals surface area (Å²) in [7, 11) is 1.59. The molecule has 0 spiro atoms. The SMILES string of the molecule is COc1ccc(-n2c(C)cc(C(=O)COC(=O)c3cccc([N+](=O)[O-])c3)c2C)cc1. The number of ketones is 1. The van der Waals surface area contributed by atoms with Crippen LogP contribution in [0.25, 0.3) is 5.69 Å². The van der Waals surface area contributed by atoms with Crippen LogP contribution in [-0.4, -0.2) is 35.0 Å². The fraction of sp³-hybridized carbons (Fsp3) is 0.182. The molecule has 0 atom stereocenters. The number of hydrogen-bond acceptors (Lipinski definition) is 6. The summed E-state index contributed by atoms with van der Waals surface area (Å²) in [5.74, 6) is -0.428. The maximum Gasteiger partial charge on any atom is 0.338 e. The van der Waals surface area contributed by atoms with E-state index < -0.39 is 17.5 Å². The Bertz CT molecular complexity index is 1120. The van der Waals surface area contributed by atoms with Crippen LogP contribution < -0.4 is 4.74 Å². The minimum Gasteiger partial charge on any atom is -0.497 e. The molecule has 3 aromatic rings. The molecule has 154 valence electrons. The minimum atomic E-state index is -0.795. The number of nitrogens with zero attached hydrogens (tertiary/aromatic N) is 2. The summed E-state index contributed by atoms with van der Waals surface area (Å²) in [5, 5.41) is 10.8. The Morgan fingerprint density at radius 1 is 1.07 bits per heavy atom. The molecule has 0 saturated carbocycles. The fourth-order valence-electron chi connectivity index (χ4n) is 3.21. The van der Waals surface area contributed by atoms with Gasteiger partial charge in [0.05, 0.1) is 17.6 Å². The third kappa shape index (κ3) is 4.22. The second kappa shape index (κ2) is 8.60. The van der Waals surface area contributed by atoms with Crippen molar-refractivity contribution in [3.05, 3.63) is 87.2 Å². The molecule has 0 N–H and O–H groups in total. The van der Waals surface area contributed by atoms with Crippen LogP contribution in [0, 0.1) is 24.0 Å². The Labute approximate surface area is 172 Å². The van der Waals surface area contributed by atoms with Crippen LogP contribution in [-0.2, 0) is 4.74 Å². The molecule has 0 aliphatic heterocycles. The molecule has 3 rings (SSSR count). The Hall–Kier alpha value is -3.94. The molecule has 0 aliphatic rings. The van der Waals surface area contributed by atoms with E-state index in [9.17, 15) is 19.7 Å². The molecular weight excluding hydrogens is 388 g/mol. The van der Waals surface area contributed by atoms with Gasteiger partial charge in [0.1, 0.15) is 5.75 Å². The van der Waals surface area contributed by atoms with Crippen LogP contribution in [0.5, 0.6) is 5.75 Å². The van der Waals surface area contributed by atoms with E-state index in [2.05, 4.69) is 0 Å². The lowest BCUT2D eigenvalue weighted by molar-refractivity contribution is -0.384. The van der Waals surface area contributed by atoms with E-state index in [-0.39, 0.29) is 17.0 Å². The lowest BCUT2D eigenvalue weighted by Crippen LogP contribution is -2.15. The normalized spacial score (nSPS) is 10.5. The Balaban J connectivity index is 1.75. The zero-order valence-electron chi connectivity index (χ0n) is 16.7. The van der Waals surface area contributed by atoms with Crippen molar-refractivity contribution in [3.63, 3.8) is 0 Å². The van der Waals surface area contributed by atoms with Gasteiger partial charge in [-0.15, -0.1) is 0 Å². The highest BCUT2D eigenvalue weighted by atomic mass is 16.6. The van der Waals surface area contributed by atoms with Gasteiger partial charge < -0.3 is 14.0 Å². The van der Waals surface area contributed by atoms with Crippen LogP contribution in [0.15, 0.2) is 54.6 Å². The number of methoxy groups -OCH3 is 1. The number of aryl methyl sites for hydroxylation is 1. The molecule has 0 radical (unpaired) electrons. The number of nitro groups is 1. The van der Waals surface area contributed by atoms with Crippen LogP contribution in [0.2, 0.25) is 0 Å². The number of esters is 1. The maximum absolute atomic E-state index is 12.7. The Kier molecular flexibility index (Phi) is 5.96. The van der Waals surface area contributed by atoms with E-state index in [0.29, 0.717) is 11.3 Å². The summed E-state index contributed by atoms with van der Waals surface area (Å²) in [6, 6.07) is 14.3. The molecule has 8 nitrogen and oxygen atoms in total. The number of hydrogen-bond donors (Lipinski definition) is 0. The molecular formula is C22H20N2O6. The number of ether oxygens (including phenoxy) is 2. The number of rotatable bonds is 7. The first-order chi connectivity index (χ1) is 14.3. The average molecular weight is 408 g/mol. The number of benzene rings is 2. The summed E-state index contributed by atoms with van der Waals surface area (Å²) in [6.07, 6.45) is 0. The molecule has 0 saturated heterocycles. The van der Waals surface area contributed by atoms with Gasteiger partial charge in [-0.1, -0.05) is 6.07 Å². The van der Waals surface area contributed by atoms with Gasteiger partial charge in [0.15, 0.2) is 6.61 Å². The topological polar surface area (TPSA) is 101 Å². The van der Waals surface area contributed by atoms with Crippen molar-refractivity contribution in [3.8, 4) is 11.4 Å². The van der Waals surface area contributed by atoms with Crippen LogP contribution in [0.3, 0.4) is 0 Å². The first-order valence-electron chi connectivity index (χ1n) is 9.10. The van der Waals surface area contributed by atoms with E-state index in [1.165, 1.54) is 18.2 Å². The molecule has 0 fully saturated rings. The van der Waals surface area contributed by atoms with Crippen molar-refractivity contribution in [2.45, 2.75) is 13.8 Å². The standard InChI is InChI=1S/C22H20N2O6/c1-14-11-20(15(2)23(14)17-7-9-19(29-3)10-8-17)21(25)13-30-22(26)16-5-4-6-18(12-16)24(27)28/h4-12H,13H2,1-3H3. The summed E-state index contributed by atoms with van der Waals surface area (Å²) < 4.78 is 12.2. The summed E-state index contributed by atoms with van der Waals surface area (Å²) in [4.78, 5) is 35.1. The second-order valence-corrected chi connectivity index (χ2v) is 6.62. The lowest BCUT2D eigenvalue weighted by Gasteiger charge is -2.11. The van der Waals surface area contributed by atoms with Crippen molar-refractivity contribution < 1.29 is 24.0 Å². The van der Waals surface area contributed by atoms with Crippen molar-refractivity contribution in [2.75, 3.05) is 13.7 Å². The van der Waals surface area contributed by atoms with Crippen LogP contribution in [0.4, 0.5) is 5.69 Å². The summed E-state index contributed by atoms with van der Waals surface area (Å²) in [6.45, 7) is 3.23. The first-order valence-corrected chi connectivity index (χ1v) is 9.10. The van der Waals surface area contributed by atoms with Crippen molar-refractivity contribution in [2.24, 2.45) is 0 Å². The average Bonchev–Trinajstić information content (AvgIpc) is 3.05. The van der Waals surface area contributed by atoms with Crippen LogP contribution >= 0.6 is 0 Å². The van der Waals surface area contributed by atoms with Gasteiger partial charge in [-0.3, -0.25) is 14.9 Å². The first kappa shape index (κ1) is 20.8. The van der Waals surface area contributed by atoms with E-state index in [1.54, 1.807) is 13.2 Å². The van der Waals surface area contributed by atoms with Crippen molar-refractivity contribution in [1.29, 1.82) is 0 Å². The molecule has 2 aromatic carbocycles. The second-order valence-electron chi connectivity index (χ2n) is 6.62. The quantitative estimate of drug-likeness (QED) is 0.253. The lowest BCUT2D eigenvalue weighted by atomic mass is 10.1. The van der Waals surface area contributed by atoms with Gasteiger partial charge in [-0.2, -0.15) is 0 Å². The number of carbonyl (C=O) groups is 2. The summed E-state index contributed by atoms with van der Waals surface area (Å²) in [5.41, 5.74) is 2.67.